The number of aromatic amines is 1. The van der Waals surface area contributed by atoms with Gasteiger partial charge in [-0.25, -0.2) is 4.79 Å². The maximum absolute atomic E-state index is 13.1. The Bertz CT molecular complexity index is 1070. The van der Waals surface area contributed by atoms with Crippen molar-refractivity contribution in [1.29, 1.82) is 0 Å². The normalized spacial score (nSPS) is 14.8. The van der Waals surface area contributed by atoms with Gasteiger partial charge in [0.25, 0.3) is 0 Å². The van der Waals surface area contributed by atoms with Crippen LogP contribution in [-0.4, -0.2) is 69.7 Å². The molecule has 0 saturated heterocycles. The second-order valence-electron chi connectivity index (χ2n) is 9.67. The molecule has 0 bridgehead atoms. The van der Waals surface area contributed by atoms with Gasteiger partial charge >= 0.3 is 5.97 Å². The van der Waals surface area contributed by atoms with E-state index in [9.17, 15) is 24.3 Å². The average molecular weight is 504 g/mol. The summed E-state index contributed by atoms with van der Waals surface area (Å²) in [6.45, 7) is 6.40. The molecule has 4 unspecified atom stereocenters. The Morgan fingerprint density at radius 1 is 0.944 bits per heavy atom. The fourth-order valence-corrected chi connectivity index (χ4v) is 3.85. The van der Waals surface area contributed by atoms with Crippen LogP contribution in [0, 0.1) is 11.8 Å². The maximum Gasteiger partial charge on any atom is 0.328 e. The van der Waals surface area contributed by atoms with Gasteiger partial charge in [-0.05, 0) is 36.3 Å². The highest BCUT2D eigenvalue weighted by Crippen LogP contribution is 2.19. The van der Waals surface area contributed by atoms with E-state index < -0.39 is 54.5 Å². The van der Waals surface area contributed by atoms with Crippen LogP contribution in [0.3, 0.4) is 0 Å². The number of aliphatic hydroxyl groups is 1. The SMILES string of the molecule is CC(C)CC(NC(=O)C(NC(=O)C(N)Cc1c[nH]c2ccccc12)C(C)C)C(=O)NC(CO)C(=O)O. The minimum absolute atomic E-state index is 0.00450. The van der Waals surface area contributed by atoms with Crippen LogP contribution in [0.2, 0.25) is 0 Å². The van der Waals surface area contributed by atoms with Crippen LogP contribution < -0.4 is 21.7 Å². The highest BCUT2D eigenvalue weighted by atomic mass is 16.4. The zero-order chi connectivity index (χ0) is 27.0. The standard InChI is InChI=1S/C25H37N5O6/c1-13(2)9-19(23(33)29-20(12-31)25(35)36)28-24(34)21(14(3)4)30-22(32)17(26)10-15-11-27-18-8-6-5-7-16(15)18/h5-8,11,13-14,17,19-21,27,31H,9-10,12,26H2,1-4H3,(H,28,34)(H,29,33)(H,30,32)(H,35,36). The number of carbonyl (C=O) groups excluding carboxylic acids is 3. The van der Waals surface area contributed by atoms with Gasteiger partial charge in [-0.1, -0.05) is 45.9 Å². The molecule has 0 fully saturated rings. The molecular weight excluding hydrogens is 466 g/mol. The first-order chi connectivity index (χ1) is 16.9. The van der Waals surface area contributed by atoms with Crippen molar-refractivity contribution >= 4 is 34.6 Å². The number of fused-ring (bicyclic) bond motifs is 1. The third kappa shape index (κ3) is 7.79. The topological polar surface area (TPSA) is 187 Å². The van der Waals surface area contributed by atoms with Crippen LogP contribution in [-0.2, 0) is 25.6 Å². The molecule has 36 heavy (non-hydrogen) atoms. The van der Waals surface area contributed by atoms with Crippen molar-refractivity contribution in [3.05, 3.63) is 36.0 Å². The summed E-state index contributed by atoms with van der Waals surface area (Å²) in [6.07, 6.45) is 2.29. The van der Waals surface area contributed by atoms with E-state index in [0.717, 1.165) is 16.5 Å². The summed E-state index contributed by atoms with van der Waals surface area (Å²) in [5, 5.41) is 26.8. The molecule has 2 aromatic rings. The molecule has 0 aliphatic heterocycles. The van der Waals surface area contributed by atoms with E-state index in [2.05, 4.69) is 20.9 Å². The average Bonchev–Trinajstić information content (AvgIpc) is 3.22. The van der Waals surface area contributed by atoms with Crippen LogP contribution in [0.5, 0.6) is 0 Å². The summed E-state index contributed by atoms with van der Waals surface area (Å²) in [4.78, 5) is 53.0. The number of hydrogen-bond acceptors (Lipinski definition) is 6. The number of hydrogen-bond donors (Lipinski definition) is 7. The van der Waals surface area contributed by atoms with Gasteiger partial charge in [-0.3, -0.25) is 14.4 Å². The number of H-pyrrole nitrogens is 1. The molecule has 0 radical (unpaired) electrons. The molecular formula is C25H37N5O6. The van der Waals surface area contributed by atoms with E-state index >= 15 is 0 Å². The Labute approximate surface area is 210 Å². The zero-order valence-corrected chi connectivity index (χ0v) is 21.1. The molecule has 0 spiro atoms. The summed E-state index contributed by atoms with van der Waals surface area (Å²) < 4.78 is 0. The smallest absolute Gasteiger partial charge is 0.328 e. The van der Waals surface area contributed by atoms with E-state index in [-0.39, 0.29) is 24.7 Å². The molecule has 8 N–H and O–H groups in total. The monoisotopic (exact) mass is 503 g/mol. The first-order valence-electron chi connectivity index (χ1n) is 12.0. The number of aliphatic carboxylic acids is 1. The third-order valence-corrected chi connectivity index (χ3v) is 5.84. The highest BCUT2D eigenvalue weighted by molar-refractivity contribution is 5.94. The number of para-hydroxylation sites is 1. The molecule has 4 atom stereocenters. The first kappa shape index (κ1) is 28.8. The van der Waals surface area contributed by atoms with Crippen LogP contribution in [0.1, 0.15) is 39.7 Å². The van der Waals surface area contributed by atoms with Crippen molar-refractivity contribution in [1.82, 2.24) is 20.9 Å². The third-order valence-electron chi connectivity index (χ3n) is 5.84. The summed E-state index contributed by atoms with van der Waals surface area (Å²) in [7, 11) is 0. The number of rotatable bonds is 13. The van der Waals surface area contributed by atoms with Crippen molar-refractivity contribution in [3.8, 4) is 0 Å². The number of carboxylic acids is 1. The quantitative estimate of drug-likeness (QED) is 0.204. The Balaban J connectivity index is 2.09. The molecule has 1 aromatic carbocycles. The number of benzene rings is 1. The molecule has 0 aliphatic rings. The van der Waals surface area contributed by atoms with Gasteiger partial charge in [0, 0.05) is 17.1 Å². The van der Waals surface area contributed by atoms with Gasteiger partial charge in [-0.15, -0.1) is 0 Å². The number of amides is 3. The summed E-state index contributed by atoms with van der Waals surface area (Å²) in [5.74, 6) is -3.55. The fraction of sp³-hybridized carbons (Fsp3) is 0.520. The minimum Gasteiger partial charge on any atom is -0.480 e. The molecule has 1 aromatic heterocycles. The molecule has 198 valence electrons. The van der Waals surface area contributed by atoms with Crippen LogP contribution in [0.4, 0.5) is 0 Å². The van der Waals surface area contributed by atoms with Gasteiger partial charge in [0.1, 0.15) is 18.1 Å². The van der Waals surface area contributed by atoms with Gasteiger partial charge in [0.15, 0.2) is 0 Å². The molecule has 1 heterocycles. The van der Waals surface area contributed by atoms with Crippen molar-refractivity contribution in [2.24, 2.45) is 17.6 Å². The van der Waals surface area contributed by atoms with Gasteiger partial charge in [0.2, 0.25) is 17.7 Å². The highest BCUT2D eigenvalue weighted by Gasteiger charge is 2.32. The summed E-state index contributed by atoms with van der Waals surface area (Å²) in [6, 6.07) is 3.23. The number of nitrogens with two attached hydrogens (primary N) is 1. The van der Waals surface area contributed by atoms with Crippen molar-refractivity contribution in [3.63, 3.8) is 0 Å². The van der Waals surface area contributed by atoms with Crippen LogP contribution in [0.25, 0.3) is 10.9 Å². The van der Waals surface area contributed by atoms with Crippen molar-refractivity contribution < 1.29 is 29.4 Å². The molecule has 11 heteroatoms. The Morgan fingerprint density at radius 2 is 1.58 bits per heavy atom. The predicted molar refractivity (Wildman–Crippen MR) is 135 cm³/mol. The first-order valence-corrected chi connectivity index (χ1v) is 12.0. The molecule has 0 aliphatic carbocycles. The van der Waals surface area contributed by atoms with E-state index in [1.165, 1.54) is 0 Å². The Morgan fingerprint density at radius 3 is 2.17 bits per heavy atom. The minimum atomic E-state index is -1.49. The second kappa shape index (κ2) is 13.0. The lowest BCUT2D eigenvalue weighted by atomic mass is 9.99. The number of carbonyl (C=O) groups is 4. The summed E-state index contributed by atoms with van der Waals surface area (Å²) in [5.41, 5.74) is 7.97. The lowest BCUT2D eigenvalue weighted by Crippen LogP contribution is -2.59. The van der Waals surface area contributed by atoms with E-state index in [0.29, 0.717) is 0 Å². The van der Waals surface area contributed by atoms with Crippen LogP contribution >= 0.6 is 0 Å². The number of carboxylic acid groups (broad SMARTS) is 1. The number of aromatic nitrogens is 1. The predicted octanol–water partition coefficient (Wildman–Crippen LogP) is 0.271. The molecule has 2 rings (SSSR count). The fourth-order valence-electron chi connectivity index (χ4n) is 3.85. The van der Waals surface area contributed by atoms with Crippen LogP contribution in [0.15, 0.2) is 30.5 Å². The van der Waals surface area contributed by atoms with Crippen molar-refractivity contribution in [2.75, 3.05) is 6.61 Å². The van der Waals surface area contributed by atoms with E-state index in [1.54, 1.807) is 20.0 Å². The number of nitrogens with one attached hydrogen (secondary N) is 4. The van der Waals surface area contributed by atoms with Crippen molar-refractivity contribution in [2.45, 2.75) is 64.7 Å². The van der Waals surface area contributed by atoms with E-state index in [1.807, 2.05) is 38.1 Å². The van der Waals surface area contributed by atoms with E-state index in [4.69, 9.17) is 10.8 Å². The largest absolute Gasteiger partial charge is 0.480 e. The maximum atomic E-state index is 13.1. The second-order valence-corrected chi connectivity index (χ2v) is 9.67. The molecule has 3 amide bonds. The van der Waals surface area contributed by atoms with Gasteiger partial charge < -0.3 is 36.9 Å². The van der Waals surface area contributed by atoms with Gasteiger partial charge in [-0.2, -0.15) is 0 Å². The van der Waals surface area contributed by atoms with Gasteiger partial charge in [0.05, 0.1) is 12.6 Å². The summed E-state index contributed by atoms with van der Waals surface area (Å²) >= 11 is 0. The number of aliphatic hydroxyl groups excluding tert-OH is 1. The Kier molecular flexibility index (Phi) is 10.4. The zero-order valence-electron chi connectivity index (χ0n) is 21.1. The Hall–Kier alpha value is -3.44. The lowest BCUT2D eigenvalue weighted by Gasteiger charge is -2.27. The lowest BCUT2D eigenvalue weighted by molar-refractivity contribution is -0.143. The molecule has 0 saturated carbocycles. The molecule has 11 nitrogen and oxygen atoms in total.